The van der Waals surface area contributed by atoms with Crippen LogP contribution in [0.5, 0.6) is 23.0 Å². The van der Waals surface area contributed by atoms with Crippen molar-refractivity contribution in [3.05, 3.63) is 56.3 Å². The van der Waals surface area contributed by atoms with Crippen molar-refractivity contribution >= 4 is 40.8 Å². The van der Waals surface area contributed by atoms with Gasteiger partial charge in [0.15, 0.2) is 29.2 Å². The number of hydrogen-bond donors (Lipinski definition) is 5. The number of methoxy groups -OCH3 is 2. The third kappa shape index (κ3) is 6.98. The Balaban J connectivity index is 1.72. The van der Waals surface area contributed by atoms with Gasteiger partial charge in [-0.3, -0.25) is 5.43 Å². The van der Waals surface area contributed by atoms with Crippen molar-refractivity contribution in [3.8, 4) is 23.0 Å². The van der Waals surface area contributed by atoms with Crippen LogP contribution in [0.4, 0.5) is 4.79 Å². The third-order valence-electron chi connectivity index (χ3n) is 5.39. The number of nitrogens with one attached hydrogen (secondary N) is 3. The largest absolute Gasteiger partial charge is 0.504 e. The van der Waals surface area contributed by atoms with Crippen LogP contribution < -0.4 is 30.3 Å². The number of carbonyl (C=O) groups excluding carboxylic acids is 2. The first-order valence-electron chi connectivity index (χ1n) is 11.5. The van der Waals surface area contributed by atoms with Crippen molar-refractivity contribution in [1.29, 1.82) is 0 Å². The van der Waals surface area contributed by atoms with Gasteiger partial charge in [0.1, 0.15) is 6.61 Å². The van der Waals surface area contributed by atoms with Crippen LogP contribution in [-0.4, -0.2) is 62.1 Å². The number of phenolic OH excluding ortho intramolecular Hbond substituents is 1. The maximum Gasteiger partial charge on any atom is 0.337 e. The van der Waals surface area contributed by atoms with Gasteiger partial charge < -0.3 is 39.8 Å². The number of ether oxygens (including phenoxy) is 4. The summed E-state index contributed by atoms with van der Waals surface area (Å²) in [5.41, 5.74) is 4.16. The minimum atomic E-state index is -1.19. The van der Waals surface area contributed by atoms with E-state index in [0.717, 1.165) is 3.57 Å². The molecule has 0 spiro atoms. The minimum Gasteiger partial charge on any atom is -0.504 e. The summed E-state index contributed by atoms with van der Waals surface area (Å²) in [5, 5.41) is 29.8. The second-order valence-corrected chi connectivity index (χ2v) is 9.21. The molecule has 5 N–H and O–H groups in total. The molecule has 0 radical (unpaired) electrons. The second kappa shape index (κ2) is 13.2. The van der Waals surface area contributed by atoms with Gasteiger partial charge in [-0.15, -0.1) is 0 Å². The summed E-state index contributed by atoms with van der Waals surface area (Å²) in [7, 11) is 2.72. The lowest BCUT2D eigenvalue weighted by atomic mass is 9.95. The maximum absolute atomic E-state index is 12.4. The summed E-state index contributed by atoms with van der Waals surface area (Å²) < 4.78 is 22.3. The van der Waals surface area contributed by atoms with Gasteiger partial charge in [-0.05, 0) is 66.3 Å². The summed E-state index contributed by atoms with van der Waals surface area (Å²) in [6, 6.07) is 7.11. The van der Waals surface area contributed by atoms with Gasteiger partial charge in [-0.2, -0.15) is 5.10 Å². The van der Waals surface area contributed by atoms with Crippen LogP contribution in [0.15, 0.2) is 46.7 Å². The highest BCUT2D eigenvalue weighted by Gasteiger charge is 2.32. The molecule has 3 rings (SSSR count). The van der Waals surface area contributed by atoms with Crippen LogP contribution in [-0.2, 0) is 9.53 Å². The highest BCUT2D eigenvalue weighted by molar-refractivity contribution is 14.1. The van der Waals surface area contributed by atoms with E-state index in [-0.39, 0.29) is 17.9 Å². The Bertz CT molecular complexity index is 1250. The van der Waals surface area contributed by atoms with Gasteiger partial charge >= 0.3 is 12.0 Å². The number of esters is 1. The zero-order valence-corrected chi connectivity index (χ0v) is 23.4. The molecule has 1 heterocycles. The zero-order chi connectivity index (χ0) is 27.8. The fraction of sp³-hybridized carbons (Fsp3) is 0.320. The first-order valence-corrected chi connectivity index (χ1v) is 12.6. The molecular weight excluding hydrogens is 611 g/mol. The number of urea groups is 1. The van der Waals surface area contributed by atoms with Crippen LogP contribution in [0, 0.1) is 3.57 Å². The van der Waals surface area contributed by atoms with E-state index in [1.54, 1.807) is 44.2 Å². The van der Waals surface area contributed by atoms with E-state index in [1.807, 2.05) is 0 Å². The van der Waals surface area contributed by atoms with Crippen molar-refractivity contribution in [2.45, 2.75) is 26.1 Å². The van der Waals surface area contributed by atoms with Crippen molar-refractivity contribution in [2.75, 3.05) is 27.4 Å². The Hall–Kier alpha value is -3.72. The Morgan fingerprint density at radius 3 is 2.66 bits per heavy atom. The number of rotatable bonds is 11. The monoisotopic (exact) mass is 640 g/mol. The summed E-state index contributed by atoms with van der Waals surface area (Å²) in [5.74, 6) is 0.343. The van der Waals surface area contributed by atoms with Crippen molar-refractivity contribution in [1.82, 2.24) is 16.1 Å². The molecule has 0 aromatic heterocycles. The molecule has 2 aromatic carbocycles. The normalized spacial score (nSPS) is 15.9. The molecule has 204 valence electrons. The lowest BCUT2D eigenvalue weighted by Crippen LogP contribution is -2.45. The number of halogens is 1. The number of carbonyl (C=O) groups is 2. The zero-order valence-electron chi connectivity index (χ0n) is 21.2. The molecule has 1 aliphatic heterocycles. The lowest BCUT2D eigenvalue weighted by molar-refractivity contribution is -0.136. The predicted octanol–water partition coefficient (Wildman–Crippen LogP) is 2.53. The molecule has 2 aromatic rings. The number of allylic oxidation sites excluding steroid dienone is 1. The van der Waals surface area contributed by atoms with E-state index in [9.17, 15) is 19.8 Å². The average molecular weight is 640 g/mol. The molecule has 1 aliphatic rings. The van der Waals surface area contributed by atoms with Gasteiger partial charge in [0.2, 0.25) is 0 Å². The van der Waals surface area contributed by atoms with Gasteiger partial charge in [0.25, 0.3) is 0 Å². The number of nitrogens with zero attached hydrogens (tertiary/aromatic N) is 1. The summed E-state index contributed by atoms with van der Waals surface area (Å²) in [4.78, 5) is 24.5. The lowest BCUT2D eigenvalue weighted by Gasteiger charge is -2.28. The highest BCUT2D eigenvalue weighted by atomic mass is 127. The van der Waals surface area contributed by atoms with Crippen molar-refractivity contribution in [3.63, 3.8) is 0 Å². The molecular formula is C25H29IN4O8. The third-order valence-corrected chi connectivity index (χ3v) is 6.01. The molecule has 0 aliphatic carbocycles. The van der Waals surface area contributed by atoms with E-state index in [1.165, 1.54) is 20.4 Å². The van der Waals surface area contributed by atoms with Gasteiger partial charge in [0, 0.05) is 14.8 Å². The number of benzene rings is 2. The molecule has 0 fully saturated rings. The quantitative estimate of drug-likeness (QED) is 0.0818. The average Bonchev–Trinajstić information content (AvgIpc) is 2.88. The number of aliphatic hydroxyl groups is 1. The standard InChI is InChI=1S/C25H29IN4O8/c1-5-37-18-9-14(22-21(24(33)36-4)13(2)28-25(34)29-22)6-7-17(18)38-12-20(31)30-27-11-15-8-16(26)10-19(35-3)23(15)32/h6-11,20,22,30-32H,5,12H2,1-4H3,(H2,28,29,34)/b27-11+/t20-,22-/m1/s1. The number of phenols is 1. The van der Waals surface area contributed by atoms with E-state index >= 15 is 0 Å². The van der Waals surface area contributed by atoms with Gasteiger partial charge in [0.05, 0.1) is 38.7 Å². The number of aromatic hydroxyl groups is 1. The van der Waals surface area contributed by atoms with E-state index in [2.05, 4.69) is 43.8 Å². The maximum atomic E-state index is 12.4. The van der Waals surface area contributed by atoms with Crippen LogP contribution in [0.2, 0.25) is 0 Å². The van der Waals surface area contributed by atoms with E-state index in [4.69, 9.17) is 18.9 Å². The molecule has 2 atom stereocenters. The number of hydrogen-bond acceptors (Lipinski definition) is 10. The number of amides is 2. The SMILES string of the molecule is CCOc1cc([C@H]2NC(=O)NC(C)=C2C(=O)OC)ccc1OC[C@@H](O)N/N=C/c1cc(I)cc(OC)c1O. The topological polar surface area (TPSA) is 160 Å². The summed E-state index contributed by atoms with van der Waals surface area (Å²) in [6.45, 7) is 3.55. The fourth-order valence-corrected chi connectivity index (χ4v) is 4.28. The van der Waals surface area contributed by atoms with Gasteiger partial charge in [-0.25, -0.2) is 9.59 Å². The molecule has 0 bridgehead atoms. The van der Waals surface area contributed by atoms with Crippen molar-refractivity contribution < 1.29 is 38.7 Å². The molecule has 38 heavy (non-hydrogen) atoms. The summed E-state index contributed by atoms with van der Waals surface area (Å²) >= 11 is 2.09. The molecule has 13 heteroatoms. The Labute approximate surface area is 233 Å². The van der Waals surface area contributed by atoms with E-state index < -0.39 is 24.3 Å². The molecule has 0 saturated heterocycles. The highest BCUT2D eigenvalue weighted by Crippen LogP contribution is 2.35. The Morgan fingerprint density at radius 2 is 1.97 bits per heavy atom. The fourth-order valence-electron chi connectivity index (χ4n) is 3.66. The predicted molar refractivity (Wildman–Crippen MR) is 146 cm³/mol. The first kappa shape index (κ1) is 28.8. The van der Waals surface area contributed by atoms with Crippen LogP contribution in [0.1, 0.15) is 31.0 Å². The smallest absolute Gasteiger partial charge is 0.337 e. The van der Waals surface area contributed by atoms with E-state index in [0.29, 0.717) is 40.7 Å². The molecule has 2 amide bonds. The number of aliphatic hydroxyl groups excluding tert-OH is 1. The summed E-state index contributed by atoms with van der Waals surface area (Å²) in [6.07, 6.45) is 0.165. The van der Waals surface area contributed by atoms with Crippen LogP contribution in [0.25, 0.3) is 0 Å². The van der Waals surface area contributed by atoms with Crippen LogP contribution in [0.3, 0.4) is 0 Å². The minimum absolute atomic E-state index is 0.0732. The number of hydrazone groups is 1. The first-order chi connectivity index (χ1) is 18.2. The molecule has 12 nitrogen and oxygen atoms in total. The van der Waals surface area contributed by atoms with Gasteiger partial charge in [-0.1, -0.05) is 6.07 Å². The Morgan fingerprint density at radius 1 is 1.21 bits per heavy atom. The molecule has 0 saturated carbocycles. The Kier molecular flexibility index (Phi) is 10.0. The van der Waals surface area contributed by atoms with Crippen LogP contribution >= 0.6 is 22.6 Å². The second-order valence-electron chi connectivity index (χ2n) is 7.96. The molecule has 0 unspecified atom stereocenters. The van der Waals surface area contributed by atoms with Crippen molar-refractivity contribution in [2.24, 2.45) is 5.10 Å².